The van der Waals surface area contributed by atoms with E-state index in [1.54, 1.807) is 73.3 Å². The van der Waals surface area contributed by atoms with Gasteiger partial charge in [-0.25, -0.2) is 79.0 Å². The third-order valence-corrected chi connectivity index (χ3v) is 24.1. The van der Waals surface area contributed by atoms with Gasteiger partial charge in [0.15, 0.2) is 46.5 Å². The molecule has 3 fully saturated rings. The number of benzene rings is 12. The minimum absolute atomic E-state index is 0.00786. The summed E-state index contributed by atoms with van der Waals surface area (Å²) in [5.41, 5.74) is 10.2. The van der Waals surface area contributed by atoms with Crippen LogP contribution >= 0.6 is 0 Å². The number of aliphatic carboxylic acids is 1. The number of carboxylic acid groups (broad SMARTS) is 5. The third kappa shape index (κ3) is 22.0. The van der Waals surface area contributed by atoms with Gasteiger partial charge in [0.25, 0.3) is 0 Å². The van der Waals surface area contributed by atoms with Crippen molar-refractivity contribution in [2.75, 3.05) is 71.0 Å². The van der Waals surface area contributed by atoms with Crippen LogP contribution in [0.15, 0.2) is 219 Å². The fraction of sp³-hybridized carbons (Fsp3) is 0.212. The van der Waals surface area contributed by atoms with Crippen molar-refractivity contribution >= 4 is 85.6 Å². The number of aryl methyl sites for hydroxylation is 4. The molecule has 7 heterocycles. The second-order valence-corrected chi connectivity index (χ2v) is 33.7. The second-order valence-electron chi connectivity index (χ2n) is 33.7. The molecule has 1 amide bonds. The number of carbonyl (C=O) groups excluding carboxylic acids is 1. The molecule has 0 atom stereocenters. The summed E-state index contributed by atoms with van der Waals surface area (Å²) >= 11 is 0. The molecule has 16 aromatic rings. The summed E-state index contributed by atoms with van der Waals surface area (Å²) in [4.78, 5) is 90.7. The maximum Gasteiger partial charge on any atom is 0.490 e. The van der Waals surface area contributed by atoms with Crippen molar-refractivity contribution in [2.45, 2.75) is 52.0 Å². The number of hydrogen-bond donors (Lipinski definition) is 6. The molecule has 720 valence electrons. The van der Waals surface area contributed by atoms with Crippen LogP contribution in [0.25, 0.3) is 133 Å². The number of nitrogens with one attached hydrogen (secondary N) is 1. The number of carbonyl (C=O) groups is 6. The molecule has 0 unspecified atom stereocenters. The maximum absolute atomic E-state index is 15.3. The highest BCUT2D eigenvalue weighted by molar-refractivity contribution is 6.07. The van der Waals surface area contributed by atoms with Crippen LogP contribution in [0.3, 0.4) is 0 Å². The van der Waals surface area contributed by atoms with E-state index in [4.69, 9.17) is 19.4 Å². The van der Waals surface area contributed by atoms with E-state index in [1.165, 1.54) is 77.1 Å². The number of fused-ring (bicyclic) bond motifs is 4. The van der Waals surface area contributed by atoms with E-state index in [9.17, 15) is 57.6 Å². The van der Waals surface area contributed by atoms with E-state index in [1.807, 2.05) is 85.9 Å². The lowest BCUT2D eigenvalue weighted by atomic mass is 9.95. The van der Waals surface area contributed by atoms with E-state index in [0.717, 1.165) is 132 Å². The van der Waals surface area contributed by atoms with Gasteiger partial charge in [-0.05, 0) is 182 Å². The van der Waals surface area contributed by atoms with Crippen LogP contribution in [-0.2, 0) is 66.9 Å². The predicted octanol–water partition coefficient (Wildman–Crippen LogP) is 20.8. The lowest BCUT2D eigenvalue weighted by Crippen LogP contribution is -2.35. The van der Waals surface area contributed by atoms with Crippen LogP contribution < -0.4 is 5.32 Å². The second kappa shape index (κ2) is 42.5. The summed E-state index contributed by atoms with van der Waals surface area (Å²) < 4.78 is 171. The van der Waals surface area contributed by atoms with E-state index in [-0.39, 0.29) is 72.5 Å². The molecule has 0 spiro atoms. The number of aromatic carboxylic acids is 4. The maximum atomic E-state index is 15.3. The Bertz CT molecular complexity index is 7150. The summed E-state index contributed by atoms with van der Waals surface area (Å²) in [5, 5.41) is 48.4. The number of carboxylic acids is 5. The van der Waals surface area contributed by atoms with Crippen molar-refractivity contribution < 1.29 is 112 Å². The summed E-state index contributed by atoms with van der Waals surface area (Å²) in [6.07, 6.45) is 4.18. The minimum atomic E-state index is -5.08. The Morgan fingerprint density at radius 3 is 0.914 bits per heavy atom. The number of imidazole rings is 4. The number of halogens is 11. The quantitative estimate of drug-likeness (QED) is 0.0324. The molecule has 0 aliphatic carbocycles. The zero-order chi connectivity index (χ0) is 99.8. The molecule has 19 rings (SSSR count). The first-order valence-electron chi connectivity index (χ1n) is 43.9. The van der Waals surface area contributed by atoms with Crippen molar-refractivity contribution in [3.63, 3.8) is 0 Å². The number of hydrogen-bond acceptors (Lipinski definition) is 15. The van der Waals surface area contributed by atoms with Gasteiger partial charge in [0.2, 0.25) is 5.91 Å². The van der Waals surface area contributed by atoms with Gasteiger partial charge < -0.3 is 58.6 Å². The highest BCUT2D eigenvalue weighted by atomic mass is 19.4. The zero-order valence-corrected chi connectivity index (χ0v) is 75.7. The average Bonchev–Trinajstić information content (AvgIpc) is 0.980. The number of likely N-dealkylation sites (tertiary alicyclic amines) is 1. The molecule has 25 nitrogen and oxygen atoms in total. The smallest absolute Gasteiger partial charge is 0.478 e. The fourth-order valence-corrected chi connectivity index (χ4v) is 17.3. The zero-order valence-electron chi connectivity index (χ0n) is 75.7. The Morgan fingerprint density at radius 2 is 0.593 bits per heavy atom. The van der Waals surface area contributed by atoms with Gasteiger partial charge in [-0.15, -0.1) is 0 Å². The van der Waals surface area contributed by atoms with Gasteiger partial charge in [-0.1, -0.05) is 128 Å². The molecule has 0 saturated carbocycles. The average molecular weight is 1920 g/mol. The molecule has 3 aliphatic rings. The molecule has 0 bridgehead atoms. The van der Waals surface area contributed by atoms with E-state index in [2.05, 4.69) is 76.4 Å². The van der Waals surface area contributed by atoms with Crippen LogP contribution in [-0.4, -0.2) is 186 Å². The highest BCUT2D eigenvalue weighted by Gasteiger charge is 2.39. The molecular weight excluding hydrogens is 1830 g/mol. The lowest BCUT2D eigenvalue weighted by molar-refractivity contribution is -0.192. The Hall–Kier alpha value is -15.6. The molecular formula is C104H89F11N12O13. The van der Waals surface area contributed by atoms with Gasteiger partial charge in [0, 0.05) is 86.6 Å². The first kappa shape index (κ1) is 98.9. The molecule has 3 aliphatic heterocycles. The SMILES string of the molecule is CC(=O)Nc1cccc(-c2ccc(-c3cc(C(=O)O)c4c(c3)ncn4C)cc2)c1.Cn1cnc2cc(-c3c(F)c(F)c(-c4cccc(CN5CCCCC5)c4)c(F)c3F)cc(C(=O)O)c21.Cn1cnc2cc(-c3c(F)c(F)c(-c4cccc(CN5CCOCC5)c4)c(F)c3F)cc(C(=O)O)c21.Cn1cnc2cc(-c3ccc(-c4ccc(CN5CCOCC5)cc4)cc3)cc(C(=O)O)c21.O=C(O)C(F)(F)F. The monoisotopic (exact) mass is 1920 g/mol. The van der Waals surface area contributed by atoms with Crippen LogP contribution in [0.2, 0.25) is 0 Å². The van der Waals surface area contributed by atoms with Crippen molar-refractivity contribution in [3.8, 4) is 89.0 Å². The summed E-state index contributed by atoms with van der Waals surface area (Å²) in [6, 6.07) is 56.6. The van der Waals surface area contributed by atoms with Crippen molar-refractivity contribution in [2.24, 2.45) is 28.2 Å². The number of amides is 1. The number of piperidine rings is 1. The molecule has 140 heavy (non-hydrogen) atoms. The minimum Gasteiger partial charge on any atom is -0.478 e. The predicted molar refractivity (Wildman–Crippen MR) is 503 cm³/mol. The third-order valence-electron chi connectivity index (χ3n) is 24.1. The molecule has 6 N–H and O–H groups in total. The summed E-state index contributed by atoms with van der Waals surface area (Å²) in [6.45, 7) is 11.5. The Kier molecular flexibility index (Phi) is 30.0. The van der Waals surface area contributed by atoms with Crippen molar-refractivity contribution in [3.05, 3.63) is 305 Å². The van der Waals surface area contributed by atoms with Gasteiger partial charge in [-0.2, -0.15) is 13.2 Å². The van der Waals surface area contributed by atoms with Crippen LogP contribution in [0, 0.1) is 46.5 Å². The lowest BCUT2D eigenvalue weighted by Gasteiger charge is -2.26. The normalized spacial score (nSPS) is 13.6. The molecule has 4 aromatic heterocycles. The number of aromatic nitrogens is 8. The number of rotatable bonds is 19. The first-order chi connectivity index (χ1) is 67.0. The van der Waals surface area contributed by atoms with Gasteiger partial charge >= 0.3 is 36.0 Å². The van der Waals surface area contributed by atoms with Gasteiger partial charge in [-0.3, -0.25) is 19.5 Å². The van der Waals surface area contributed by atoms with Crippen LogP contribution in [0.1, 0.15) is 84.3 Å². The number of morpholine rings is 2. The Morgan fingerprint density at radius 1 is 0.321 bits per heavy atom. The van der Waals surface area contributed by atoms with E-state index in [0.29, 0.717) is 61.5 Å². The summed E-state index contributed by atoms with van der Waals surface area (Å²) in [7, 11) is 6.72. The number of anilines is 1. The fourth-order valence-electron chi connectivity index (χ4n) is 17.3. The van der Waals surface area contributed by atoms with Crippen LogP contribution in [0.5, 0.6) is 0 Å². The first-order valence-corrected chi connectivity index (χ1v) is 43.9. The highest BCUT2D eigenvalue weighted by Crippen LogP contribution is 2.43. The number of nitrogens with zero attached hydrogens (tertiary/aromatic N) is 11. The van der Waals surface area contributed by atoms with Crippen LogP contribution in [0.4, 0.5) is 54.0 Å². The molecule has 0 radical (unpaired) electrons. The topological polar surface area (TPSA) is 315 Å². The van der Waals surface area contributed by atoms with Crippen molar-refractivity contribution in [1.29, 1.82) is 0 Å². The molecule has 12 aromatic carbocycles. The largest absolute Gasteiger partial charge is 0.490 e. The summed E-state index contributed by atoms with van der Waals surface area (Å²) in [5.74, 6) is -20.2. The Balaban J connectivity index is 0.000000138. The van der Waals surface area contributed by atoms with Gasteiger partial charge in [0.05, 0.1) is 140 Å². The number of ether oxygens (including phenoxy) is 2. The molecule has 3 saturated heterocycles. The van der Waals surface area contributed by atoms with Crippen molar-refractivity contribution in [1.82, 2.24) is 52.9 Å². The Labute approximate surface area is 791 Å². The van der Waals surface area contributed by atoms with E-state index >= 15 is 35.1 Å². The molecule has 36 heteroatoms. The van der Waals surface area contributed by atoms with Gasteiger partial charge in [0.1, 0.15) is 0 Å². The van der Waals surface area contributed by atoms with E-state index < -0.39 is 105 Å². The number of alkyl halides is 3. The standard InChI is InChI=1S/C27H23F4N3O2.C26H21F4N3O3.C26H25N3O3.C23H19N3O3.C2HF3O2/c1-33-14-32-19-12-17(11-18(26(19)33)27(35)36)21-24(30)22(28)20(23(29)25(21)31)16-7-5-6-15(10-16)13-34-8-3-2-4-9-34;1-32-13-31-18-11-16(10-17(25(18)32)26(34)35)20-23(29)21(27)19(22(28)24(20)30)15-4-2-3-14(9-15)12-33-5-7-36-8-6-33;1-28-17-27-24-15-22(14-23(25(24)28)26(30)31)21-8-6-20(7-9-21)19-4-2-18(3-5-19)16-29-10-12-32-13-11-29;1-14(27)25-19-5-3-4-17(10-19)15-6-8-16(9-7-15)18-11-20(23(28)29)22-21(12-18)24-13-26(22)2;3-2(4,5)1(6)7/h5-7,10-12,14H,2-4,8-9,13H2,1H3,(H,35,36);2-4,9-11,13H,5-8,12H2,1H3,(H,34,35);2-9,14-15,17H,10-13,16H2,1H3,(H,30,31);3-13H,1-2H3,(H,25,27)(H,28,29);(H,6,7).